The molecule has 318 valence electrons. The van der Waals surface area contributed by atoms with E-state index in [1.165, 1.54) is 17.2 Å². The first-order chi connectivity index (χ1) is 30.5. The van der Waals surface area contributed by atoms with Crippen LogP contribution < -0.4 is 4.74 Å². The molecule has 0 aliphatic carbocycles. The molecule has 0 bridgehead atoms. The molecule has 5 atom stereocenters. The van der Waals surface area contributed by atoms with Crippen LogP contribution in [0.3, 0.4) is 0 Å². The summed E-state index contributed by atoms with van der Waals surface area (Å²) in [7, 11) is 1.33. The monoisotopic (exact) mass is 868 g/mol. The Kier molecular flexibility index (Phi) is 15.1. The summed E-state index contributed by atoms with van der Waals surface area (Å²) >= 11 is 8.84. The summed E-state index contributed by atoms with van der Waals surface area (Å²) in [6.45, 7) is 1.07. The van der Waals surface area contributed by atoms with Gasteiger partial charge in [-0.25, -0.2) is 4.79 Å². The molecule has 6 aromatic carbocycles. The molecule has 1 aliphatic heterocycles. The average molecular weight is 869 g/mol. The quantitative estimate of drug-likeness (QED) is 0.0744. The number of thiophene rings is 1. The number of halogens is 1. The van der Waals surface area contributed by atoms with Gasteiger partial charge in [-0.2, -0.15) is 0 Å². The lowest BCUT2D eigenvalue weighted by atomic mass is 9.89. The lowest BCUT2D eigenvalue weighted by Gasteiger charge is -2.46. The zero-order valence-electron chi connectivity index (χ0n) is 34.5. The molecule has 8 rings (SSSR count). The first-order valence-corrected chi connectivity index (χ1v) is 21.9. The number of ether oxygens (including phenoxy) is 7. The number of benzene rings is 6. The highest BCUT2D eigenvalue weighted by atomic mass is 35.5. The van der Waals surface area contributed by atoms with Crippen molar-refractivity contribution in [1.29, 1.82) is 0 Å². The number of rotatable bonds is 19. The van der Waals surface area contributed by atoms with E-state index in [1.807, 2.05) is 140 Å². The normalized spacial score (nSPS) is 18.7. The maximum atomic E-state index is 12.6. The van der Waals surface area contributed by atoms with Gasteiger partial charge in [0, 0.05) is 26.6 Å². The van der Waals surface area contributed by atoms with Crippen LogP contribution in [0.2, 0.25) is 5.02 Å². The van der Waals surface area contributed by atoms with Gasteiger partial charge >= 0.3 is 5.97 Å². The molecule has 10 heteroatoms. The fourth-order valence-electron chi connectivity index (χ4n) is 7.65. The molecule has 0 spiro atoms. The summed E-state index contributed by atoms with van der Waals surface area (Å²) in [5, 5.41) is 1.66. The molecular formula is C52H49ClO8S. The second kappa shape index (κ2) is 21.6. The van der Waals surface area contributed by atoms with E-state index in [-0.39, 0.29) is 26.4 Å². The third kappa shape index (κ3) is 11.4. The van der Waals surface area contributed by atoms with E-state index in [1.54, 1.807) is 17.4 Å². The Hall–Kier alpha value is -5.36. The van der Waals surface area contributed by atoms with Gasteiger partial charge in [0.15, 0.2) is 6.61 Å². The molecular weight excluding hydrogens is 820 g/mol. The molecule has 2 heterocycles. The Morgan fingerprint density at radius 1 is 0.629 bits per heavy atom. The number of esters is 1. The van der Waals surface area contributed by atoms with Gasteiger partial charge in [0.25, 0.3) is 0 Å². The van der Waals surface area contributed by atoms with E-state index in [2.05, 4.69) is 18.2 Å². The predicted octanol–water partition coefficient (Wildman–Crippen LogP) is 11.1. The SMILES string of the molecule is COC(=O)COc1cc(Cl)c(Cc2cc3ccccc3s2)cc1[C@@H]1O[C@H](COCc2ccccc2)[C@@H](OCc2ccccc2)[C@H](OCc2ccccc2)[C@H]1OCc1ccccc1. The molecule has 0 saturated carbocycles. The lowest BCUT2D eigenvalue weighted by Crippen LogP contribution is -2.58. The molecule has 0 unspecified atom stereocenters. The number of carbonyl (C=O) groups excluding carboxylic acids is 1. The van der Waals surface area contributed by atoms with Gasteiger partial charge in [0.05, 0.1) is 40.1 Å². The Labute approximate surface area is 371 Å². The van der Waals surface area contributed by atoms with Crippen molar-refractivity contribution in [1.82, 2.24) is 0 Å². The van der Waals surface area contributed by atoms with Crippen molar-refractivity contribution in [3.8, 4) is 5.75 Å². The minimum Gasteiger partial charge on any atom is -0.481 e. The summed E-state index contributed by atoms with van der Waals surface area (Å²) in [6.07, 6.45) is -2.94. The second-order valence-corrected chi connectivity index (χ2v) is 16.7. The van der Waals surface area contributed by atoms with Crippen molar-refractivity contribution in [3.63, 3.8) is 0 Å². The first kappa shape index (κ1) is 43.3. The number of hydrogen-bond donors (Lipinski definition) is 0. The van der Waals surface area contributed by atoms with Crippen LogP contribution in [0.5, 0.6) is 5.75 Å². The maximum Gasteiger partial charge on any atom is 0.343 e. The molecule has 62 heavy (non-hydrogen) atoms. The molecule has 8 nitrogen and oxygen atoms in total. The maximum absolute atomic E-state index is 12.6. The zero-order chi connectivity index (χ0) is 42.5. The van der Waals surface area contributed by atoms with Gasteiger partial charge in [-0.15, -0.1) is 11.3 Å². The van der Waals surface area contributed by atoms with Gasteiger partial charge in [-0.3, -0.25) is 0 Å². The van der Waals surface area contributed by atoms with Crippen molar-refractivity contribution in [2.45, 2.75) is 63.4 Å². The fourth-order valence-corrected chi connectivity index (χ4v) is 8.96. The molecule has 1 saturated heterocycles. The molecule has 1 aliphatic rings. The summed E-state index contributed by atoms with van der Waals surface area (Å²) < 4.78 is 47.1. The zero-order valence-corrected chi connectivity index (χ0v) is 36.0. The topological polar surface area (TPSA) is 81.7 Å². The first-order valence-electron chi connectivity index (χ1n) is 20.7. The van der Waals surface area contributed by atoms with E-state index < -0.39 is 36.5 Å². The van der Waals surface area contributed by atoms with Crippen LogP contribution in [0.4, 0.5) is 0 Å². The van der Waals surface area contributed by atoms with Crippen LogP contribution in [0.15, 0.2) is 164 Å². The van der Waals surface area contributed by atoms with Gasteiger partial charge < -0.3 is 33.2 Å². The molecule has 1 aromatic heterocycles. The van der Waals surface area contributed by atoms with E-state index in [0.717, 1.165) is 32.7 Å². The van der Waals surface area contributed by atoms with Crippen LogP contribution in [-0.2, 0) is 66.1 Å². The summed E-state index contributed by atoms with van der Waals surface area (Å²) in [5.41, 5.74) is 5.52. The molecule has 7 aromatic rings. The van der Waals surface area contributed by atoms with Crippen LogP contribution >= 0.6 is 22.9 Å². The van der Waals surface area contributed by atoms with Crippen molar-refractivity contribution in [3.05, 3.63) is 207 Å². The van der Waals surface area contributed by atoms with Crippen LogP contribution in [-0.4, -0.2) is 50.7 Å². The Morgan fingerprint density at radius 3 is 1.74 bits per heavy atom. The minimum absolute atomic E-state index is 0.183. The third-order valence-corrected chi connectivity index (χ3v) is 12.3. The third-order valence-electron chi connectivity index (χ3n) is 10.8. The summed E-state index contributed by atoms with van der Waals surface area (Å²) in [5.74, 6) is -0.165. The predicted molar refractivity (Wildman–Crippen MR) is 242 cm³/mol. The molecule has 0 radical (unpaired) electrons. The van der Waals surface area contributed by atoms with Gasteiger partial charge in [-0.05, 0) is 57.5 Å². The minimum atomic E-state index is -0.799. The highest BCUT2D eigenvalue weighted by Crippen LogP contribution is 2.44. The second-order valence-electron chi connectivity index (χ2n) is 15.2. The van der Waals surface area contributed by atoms with Gasteiger partial charge in [0.1, 0.15) is 36.3 Å². The molecule has 0 amide bonds. The Morgan fingerprint density at radius 2 is 1.16 bits per heavy atom. The van der Waals surface area contributed by atoms with E-state index in [9.17, 15) is 4.79 Å². The van der Waals surface area contributed by atoms with Crippen molar-refractivity contribution in [2.75, 3.05) is 20.3 Å². The van der Waals surface area contributed by atoms with Crippen LogP contribution in [0, 0.1) is 0 Å². The smallest absolute Gasteiger partial charge is 0.343 e. The number of methoxy groups -OCH3 is 1. The van der Waals surface area contributed by atoms with Crippen LogP contribution in [0.25, 0.3) is 10.1 Å². The number of hydrogen-bond acceptors (Lipinski definition) is 9. The average Bonchev–Trinajstić information content (AvgIpc) is 3.73. The van der Waals surface area contributed by atoms with Crippen molar-refractivity contribution in [2.24, 2.45) is 0 Å². The highest BCUT2D eigenvalue weighted by molar-refractivity contribution is 7.19. The van der Waals surface area contributed by atoms with E-state index >= 15 is 0 Å². The molecule has 0 N–H and O–H groups in total. The fraction of sp³-hybridized carbons (Fsp3) is 0.250. The van der Waals surface area contributed by atoms with Crippen molar-refractivity contribution < 1.29 is 38.0 Å². The van der Waals surface area contributed by atoms with Gasteiger partial charge in [-0.1, -0.05) is 151 Å². The van der Waals surface area contributed by atoms with Crippen molar-refractivity contribution >= 4 is 39.0 Å². The number of carbonyl (C=O) groups is 1. The summed E-state index contributed by atoms with van der Waals surface area (Å²) in [6, 6.07) is 54.4. The largest absolute Gasteiger partial charge is 0.481 e. The Bertz CT molecular complexity index is 2430. The number of fused-ring (bicyclic) bond motifs is 1. The lowest BCUT2D eigenvalue weighted by molar-refractivity contribution is -0.275. The molecule has 1 fully saturated rings. The van der Waals surface area contributed by atoms with Gasteiger partial charge in [0.2, 0.25) is 0 Å². The van der Waals surface area contributed by atoms with E-state index in [4.69, 9.17) is 44.8 Å². The van der Waals surface area contributed by atoms with E-state index in [0.29, 0.717) is 36.0 Å². The Balaban J connectivity index is 1.23. The standard InChI is InChI=1S/C52H49ClO8S/c1-55-48(54)35-57-45-29-44(53)41(27-42-26-40-24-14-15-25-47(40)62-42)28-43(45)49-51(59-32-38-20-10-4-11-21-38)52(60-33-39-22-12-5-13-23-39)50(58-31-37-18-8-3-9-19-37)46(61-49)34-56-30-36-16-6-2-7-17-36/h2-26,28-29,46,49-52H,27,30-35H2,1H3/t46-,49+,50-,51+,52+/m1/s1. The van der Waals surface area contributed by atoms with Crippen LogP contribution in [0.1, 0.15) is 44.4 Å². The summed E-state index contributed by atoms with van der Waals surface area (Å²) in [4.78, 5) is 13.7. The highest BCUT2D eigenvalue weighted by Gasteiger charge is 2.50.